The zero-order valence-corrected chi connectivity index (χ0v) is 13.1. The fourth-order valence-corrected chi connectivity index (χ4v) is 3.47. The molecule has 1 aliphatic carbocycles. The second-order valence-corrected chi connectivity index (χ2v) is 6.74. The molecule has 3 rings (SSSR count). The number of rotatable bonds is 3. The van der Waals surface area contributed by atoms with Gasteiger partial charge in [0.2, 0.25) is 0 Å². The maximum absolute atomic E-state index is 11.3. The number of benzene rings is 1. The molecule has 1 aromatic carbocycles. The molecule has 0 radical (unpaired) electrons. The van der Waals surface area contributed by atoms with Gasteiger partial charge in [-0.25, -0.2) is 4.79 Å². The van der Waals surface area contributed by atoms with E-state index < -0.39 is 0 Å². The van der Waals surface area contributed by atoms with Gasteiger partial charge in [0.25, 0.3) is 0 Å². The number of hydrogen-bond donors (Lipinski definition) is 3. The highest BCUT2D eigenvalue weighted by Crippen LogP contribution is 2.30. The van der Waals surface area contributed by atoms with Crippen LogP contribution in [0.15, 0.2) is 23.0 Å². The summed E-state index contributed by atoms with van der Waals surface area (Å²) in [6, 6.07) is 7.05. The van der Waals surface area contributed by atoms with Crippen LogP contribution in [0.4, 0.5) is 0 Å². The first kappa shape index (κ1) is 14.4. The van der Waals surface area contributed by atoms with E-state index in [1.165, 1.54) is 24.8 Å². The van der Waals surface area contributed by atoms with E-state index in [9.17, 15) is 4.79 Å². The van der Waals surface area contributed by atoms with E-state index in [1.54, 1.807) is 0 Å². The number of aromatic amines is 2. The van der Waals surface area contributed by atoms with E-state index in [0.29, 0.717) is 12.1 Å². The molecule has 0 spiro atoms. The average Bonchev–Trinajstić information content (AvgIpc) is 2.82. The predicted molar refractivity (Wildman–Crippen MR) is 86.4 cm³/mol. The molecule has 3 N–H and O–H groups in total. The van der Waals surface area contributed by atoms with Crippen molar-refractivity contribution < 1.29 is 0 Å². The number of nitrogens with one attached hydrogen (secondary N) is 3. The highest BCUT2D eigenvalue weighted by atomic mass is 16.1. The Morgan fingerprint density at radius 3 is 2.67 bits per heavy atom. The van der Waals surface area contributed by atoms with Crippen LogP contribution in [0.1, 0.15) is 51.6 Å². The third kappa shape index (κ3) is 3.05. The summed E-state index contributed by atoms with van der Waals surface area (Å²) in [5, 5.41) is 3.76. The molecule has 1 heterocycles. The lowest BCUT2D eigenvalue weighted by Crippen LogP contribution is -2.37. The summed E-state index contributed by atoms with van der Waals surface area (Å²) in [5.41, 5.74) is 2.84. The van der Waals surface area contributed by atoms with Crippen molar-refractivity contribution in [3.05, 3.63) is 34.2 Å². The van der Waals surface area contributed by atoms with Gasteiger partial charge in [0.15, 0.2) is 0 Å². The second-order valence-electron chi connectivity index (χ2n) is 6.74. The average molecular weight is 287 g/mol. The Kier molecular flexibility index (Phi) is 3.89. The Labute approximate surface area is 125 Å². The van der Waals surface area contributed by atoms with Crippen molar-refractivity contribution in [2.75, 3.05) is 0 Å². The number of fused-ring (bicyclic) bond motifs is 1. The van der Waals surface area contributed by atoms with Crippen LogP contribution in [0.3, 0.4) is 0 Å². The first-order valence-corrected chi connectivity index (χ1v) is 8.01. The van der Waals surface area contributed by atoms with Crippen LogP contribution < -0.4 is 11.0 Å². The molecule has 1 fully saturated rings. The third-order valence-electron chi connectivity index (χ3n) is 5.12. The van der Waals surface area contributed by atoms with Gasteiger partial charge in [-0.3, -0.25) is 0 Å². The topological polar surface area (TPSA) is 60.7 Å². The monoisotopic (exact) mass is 287 g/mol. The Morgan fingerprint density at radius 1 is 1.14 bits per heavy atom. The van der Waals surface area contributed by atoms with Crippen molar-refractivity contribution in [2.24, 2.45) is 11.8 Å². The van der Waals surface area contributed by atoms with Crippen molar-refractivity contribution in [3.63, 3.8) is 0 Å². The van der Waals surface area contributed by atoms with Crippen LogP contribution >= 0.6 is 0 Å². The van der Waals surface area contributed by atoms with Crippen molar-refractivity contribution in [1.82, 2.24) is 15.3 Å². The molecule has 0 aliphatic heterocycles. The zero-order chi connectivity index (χ0) is 15.0. The fraction of sp³-hybridized carbons (Fsp3) is 0.588. The Balaban J connectivity index is 1.71. The first-order valence-electron chi connectivity index (χ1n) is 8.01. The van der Waals surface area contributed by atoms with Gasteiger partial charge in [-0.2, -0.15) is 0 Å². The van der Waals surface area contributed by atoms with Crippen LogP contribution in [0.2, 0.25) is 0 Å². The summed E-state index contributed by atoms with van der Waals surface area (Å²) in [7, 11) is 0. The maximum Gasteiger partial charge on any atom is 0.323 e. The second kappa shape index (κ2) is 5.68. The largest absolute Gasteiger partial charge is 0.323 e. The SMILES string of the molecule is CC(NC1CCC(C)C(C)C1)c1ccc2[nH]c(=O)[nH]c2c1. The molecular formula is C17H25N3O. The first-order chi connectivity index (χ1) is 10.0. The highest BCUT2D eigenvalue weighted by Gasteiger charge is 2.25. The normalized spacial score (nSPS) is 27.9. The Hall–Kier alpha value is -1.55. The molecule has 0 bridgehead atoms. The van der Waals surface area contributed by atoms with Crippen LogP contribution in [-0.4, -0.2) is 16.0 Å². The molecule has 1 aromatic heterocycles. The summed E-state index contributed by atoms with van der Waals surface area (Å²) in [5.74, 6) is 1.64. The van der Waals surface area contributed by atoms with Gasteiger partial charge < -0.3 is 15.3 Å². The summed E-state index contributed by atoms with van der Waals surface area (Å²) in [6.45, 7) is 6.93. The van der Waals surface area contributed by atoms with E-state index in [2.05, 4.69) is 48.2 Å². The number of aromatic nitrogens is 2. The molecular weight excluding hydrogens is 262 g/mol. The molecule has 4 nitrogen and oxygen atoms in total. The number of imidazole rings is 1. The highest BCUT2D eigenvalue weighted by molar-refractivity contribution is 5.75. The zero-order valence-electron chi connectivity index (χ0n) is 13.1. The van der Waals surface area contributed by atoms with E-state index in [1.807, 2.05) is 6.07 Å². The van der Waals surface area contributed by atoms with E-state index in [0.717, 1.165) is 22.9 Å². The molecule has 4 unspecified atom stereocenters. The van der Waals surface area contributed by atoms with Crippen molar-refractivity contribution >= 4 is 11.0 Å². The van der Waals surface area contributed by atoms with Crippen LogP contribution in [0.5, 0.6) is 0 Å². The summed E-state index contributed by atoms with van der Waals surface area (Å²) < 4.78 is 0. The van der Waals surface area contributed by atoms with Crippen LogP contribution in [0, 0.1) is 11.8 Å². The molecule has 0 saturated heterocycles. The lowest BCUT2D eigenvalue weighted by Gasteiger charge is -2.34. The molecule has 2 aromatic rings. The minimum absolute atomic E-state index is 0.141. The Bertz CT molecular complexity index is 672. The quantitative estimate of drug-likeness (QED) is 0.811. The molecule has 1 saturated carbocycles. The van der Waals surface area contributed by atoms with Gasteiger partial charge in [-0.1, -0.05) is 19.9 Å². The van der Waals surface area contributed by atoms with E-state index in [-0.39, 0.29) is 5.69 Å². The smallest absolute Gasteiger partial charge is 0.307 e. The van der Waals surface area contributed by atoms with Gasteiger partial charge >= 0.3 is 5.69 Å². The molecule has 4 heteroatoms. The van der Waals surface area contributed by atoms with Gasteiger partial charge in [-0.15, -0.1) is 0 Å². The molecule has 114 valence electrons. The lowest BCUT2D eigenvalue weighted by atomic mass is 9.79. The summed E-state index contributed by atoms with van der Waals surface area (Å²) in [6.07, 6.45) is 3.84. The van der Waals surface area contributed by atoms with Gasteiger partial charge in [0, 0.05) is 12.1 Å². The van der Waals surface area contributed by atoms with Crippen molar-refractivity contribution in [3.8, 4) is 0 Å². The number of hydrogen-bond acceptors (Lipinski definition) is 2. The van der Waals surface area contributed by atoms with Crippen LogP contribution in [-0.2, 0) is 0 Å². The summed E-state index contributed by atoms with van der Waals surface area (Å²) in [4.78, 5) is 16.9. The van der Waals surface area contributed by atoms with Gasteiger partial charge in [0.1, 0.15) is 0 Å². The van der Waals surface area contributed by atoms with Gasteiger partial charge in [0.05, 0.1) is 11.0 Å². The van der Waals surface area contributed by atoms with Crippen LogP contribution in [0.25, 0.3) is 11.0 Å². The fourth-order valence-electron chi connectivity index (χ4n) is 3.47. The minimum atomic E-state index is -0.141. The standard InChI is InChI=1S/C17H25N3O/c1-10-4-6-14(8-11(10)2)18-12(3)13-5-7-15-16(9-13)20-17(21)19-15/h5,7,9-12,14,18H,4,6,8H2,1-3H3,(H2,19,20,21). The molecule has 21 heavy (non-hydrogen) atoms. The Morgan fingerprint density at radius 2 is 1.90 bits per heavy atom. The van der Waals surface area contributed by atoms with E-state index >= 15 is 0 Å². The van der Waals surface area contributed by atoms with E-state index in [4.69, 9.17) is 0 Å². The van der Waals surface area contributed by atoms with Gasteiger partial charge in [-0.05, 0) is 55.7 Å². The summed E-state index contributed by atoms with van der Waals surface area (Å²) >= 11 is 0. The lowest BCUT2D eigenvalue weighted by molar-refractivity contribution is 0.217. The third-order valence-corrected chi connectivity index (χ3v) is 5.12. The molecule has 1 aliphatic rings. The van der Waals surface area contributed by atoms with Crippen molar-refractivity contribution in [2.45, 2.75) is 52.1 Å². The molecule has 4 atom stereocenters. The van der Waals surface area contributed by atoms with Crippen molar-refractivity contribution in [1.29, 1.82) is 0 Å². The molecule has 0 amide bonds. The number of H-pyrrole nitrogens is 2. The minimum Gasteiger partial charge on any atom is -0.307 e. The predicted octanol–water partition coefficient (Wildman–Crippen LogP) is 3.33. The maximum atomic E-state index is 11.3.